The molecule has 23 heavy (non-hydrogen) atoms. The molecule has 0 aromatic heterocycles. The zero-order chi connectivity index (χ0) is 16.3. The lowest BCUT2D eigenvalue weighted by atomic mass is 10.1. The minimum Gasteiger partial charge on any atom is -0.303 e. The molecule has 1 heteroatoms. The summed E-state index contributed by atoms with van der Waals surface area (Å²) < 4.78 is 0. The summed E-state index contributed by atoms with van der Waals surface area (Å²) in [4.78, 5) is 2.64. The van der Waals surface area contributed by atoms with Crippen LogP contribution in [0.5, 0.6) is 0 Å². The Morgan fingerprint density at radius 2 is 1.17 bits per heavy atom. The molecule has 0 bridgehead atoms. The Bertz CT molecular complexity index is 475. The molecule has 0 atom stereocenters. The van der Waals surface area contributed by atoms with Gasteiger partial charge in [-0.05, 0) is 49.3 Å². The third-order valence-electron chi connectivity index (χ3n) is 4.37. The largest absolute Gasteiger partial charge is 0.303 e. The first-order chi connectivity index (χ1) is 11.2. The zero-order valence-corrected chi connectivity index (χ0v) is 14.7. The first-order valence-electron chi connectivity index (χ1n) is 9.04. The third-order valence-corrected chi connectivity index (χ3v) is 4.37. The number of hydrogen-bond donors (Lipinski definition) is 0. The third kappa shape index (κ3) is 7.47. The molecular weight excluding hydrogens is 278 g/mol. The fraction of sp³-hybridized carbons (Fsp3) is 0.455. The molecule has 0 saturated carbocycles. The second-order valence-corrected chi connectivity index (χ2v) is 6.85. The van der Waals surface area contributed by atoms with Crippen molar-refractivity contribution in [2.75, 3.05) is 19.6 Å². The predicted octanol–water partition coefficient (Wildman–Crippen LogP) is 5.21. The second kappa shape index (κ2) is 10.2. The van der Waals surface area contributed by atoms with Crippen LogP contribution in [0, 0.1) is 5.92 Å². The molecule has 2 rings (SSSR count). The molecule has 0 N–H and O–H groups in total. The van der Waals surface area contributed by atoms with Crippen molar-refractivity contribution in [1.29, 1.82) is 0 Å². The van der Waals surface area contributed by atoms with Gasteiger partial charge in [0.05, 0.1) is 0 Å². The van der Waals surface area contributed by atoms with E-state index in [-0.39, 0.29) is 0 Å². The van der Waals surface area contributed by atoms with Crippen molar-refractivity contribution in [3.8, 4) is 0 Å². The molecule has 0 saturated heterocycles. The normalized spacial score (nSPS) is 11.3. The van der Waals surface area contributed by atoms with Crippen LogP contribution in [-0.2, 0) is 12.8 Å². The maximum Gasteiger partial charge on any atom is 0.00219 e. The average Bonchev–Trinajstić information content (AvgIpc) is 2.58. The van der Waals surface area contributed by atoms with Crippen LogP contribution < -0.4 is 0 Å². The molecule has 2 aromatic rings. The highest BCUT2D eigenvalue weighted by molar-refractivity contribution is 5.16. The molecule has 0 fully saturated rings. The van der Waals surface area contributed by atoms with Gasteiger partial charge in [0.1, 0.15) is 0 Å². The van der Waals surface area contributed by atoms with Crippen LogP contribution in [-0.4, -0.2) is 24.5 Å². The highest BCUT2D eigenvalue weighted by atomic mass is 15.1. The molecule has 0 radical (unpaired) electrons. The van der Waals surface area contributed by atoms with E-state index in [0.29, 0.717) is 0 Å². The van der Waals surface area contributed by atoms with Gasteiger partial charge < -0.3 is 4.90 Å². The maximum atomic E-state index is 2.64. The maximum absolute atomic E-state index is 2.64. The summed E-state index contributed by atoms with van der Waals surface area (Å²) in [6.45, 7) is 8.18. The molecule has 1 nitrogen and oxygen atoms in total. The van der Waals surface area contributed by atoms with Gasteiger partial charge in [0.25, 0.3) is 0 Å². The van der Waals surface area contributed by atoms with Crippen molar-refractivity contribution < 1.29 is 0 Å². The minimum atomic E-state index is 0.806. The van der Waals surface area contributed by atoms with Crippen LogP contribution in [0.1, 0.15) is 37.8 Å². The van der Waals surface area contributed by atoms with Crippen molar-refractivity contribution in [1.82, 2.24) is 4.90 Å². The van der Waals surface area contributed by atoms with Gasteiger partial charge in [0.2, 0.25) is 0 Å². The van der Waals surface area contributed by atoms with E-state index in [2.05, 4.69) is 79.4 Å². The number of rotatable bonds is 10. The van der Waals surface area contributed by atoms with Crippen LogP contribution in [0.25, 0.3) is 0 Å². The van der Waals surface area contributed by atoms with E-state index >= 15 is 0 Å². The number of benzene rings is 2. The number of hydrogen-bond acceptors (Lipinski definition) is 1. The molecule has 0 unspecified atom stereocenters. The van der Waals surface area contributed by atoms with Gasteiger partial charge in [-0.1, -0.05) is 74.5 Å². The molecule has 0 amide bonds. The van der Waals surface area contributed by atoms with E-state index in [0.717, 1.165) is 31.8 Å². The Hall–Kier alpha value is -1.60. The standard InChI is InChI=1S/C22H31N/c1-20(2)10-9-17-23(18-15-21-11-5-3-6-12-21)19-16-22-13-7-4-8-14-22/h3-8,11-14,20H,9-10,15-19H2,1-2H3. The van der Waals surface area contributed by atoms with E-state index in [9.17, 15) is 0 Å². The average molecular weight is 309 g/mol. The number of nitrogens with zero attached hydrogens (tertiary/aromatic N) is 1. The quantitative estimate of drug-likeness (QED) is 0.582. The Morgan fingerprint density at radius 1 is 0.696 bits per heavy atom. The Balaban J connectivity index is 1.83. The summed E-state index contributed by atoms with van der Waals surface area (Å²) in [6.07, 6.45) is 4.93. The molecule has 0 aliphatic carbocycles. The smallest absolute Gasteiger partial charge is 0.00219 e. The summed E-state index contributed by atoms with van der Waals surface area (Å²) in [5, 5.41) is 0. The van der Waals surface area contributed by atoms with E-state index in [1.807, 2.05) is 0 Å². The Morgan fingerprint density at radius 3 is 1.61 bits per heavy atom. The summed E-state index contributed by atoms with van der Waals surface area (Å²) in [5.41, 5.74) is 2.89. The summed E-state index contributed by atoms with van der Waals surface area (Å²) in [5.74, 6) is 0.806. The molecule has 0 heterocycles. The van der Waals surface area contributed by atoms with Gasteiger partial charge in [0, 0.05) is 13.1 Å². The Kier molecular flexibility index (Phi) is 7.89. The van der Waals surface area contributed by atoms with Gasteiger partial charge >= 0.3 is 0 Å². The van der Waals surface area contributed by atoms with E-state index in [4.69, 9.17) is 0 Å². The lowest BCUT2D eigenvalue weighted by molar-refractivity contribution is 0.269. The van der Waals surface area contributed by atoms with Crippen LogP contribution in [0.2, 0.25) is 0 Å². The van der Waals surface area contributed by atoms with Crippen LogP contribution in [0.3, 0.4) is 0 Å². The fourth-order valence-corrected chi connectivity index (χ4v) is 2.92. The summed E-state index contributed by atoms with van der Waals surface area (Å²) in [7, 11) is 0. The van der Waals surface area contributed by atoms with Crippen LogP contribution >= 0.6 is 0 Å². The monoisotopic (exact) mass is 309 g/mol. The molecule has 2 aromatic carbocycles. The molecular formula is C22H31N. The van der Waals surface area contributed by atoms with Crippen LogP contribution in [0.15, 0.2) is 60.7 Å². The lowest BCUT2D eigenvalue weighted by Crippen LogP contribution is -2.29. The van der Waals surface area contributed by atoms with Crippen LogP contribution in [0.4, 0.5) is 0 Å². The van der Waals surface area contributed by atoms with Gasteiger partial charge in [-0.3, -0.25) is 0 Å². The topological polar surface area (TPSA) is 3.24 Å². The molecule has 0 aliphatic rings. The lowest BCUT2D eigenvalue weighted by Gasteiger charge is -2.23. The first-order valence-corrected chi connectivity index (χ1v) is 9.04. The highest BCUT2D eigenvalue weighted by Gasteiger charge is 2.06. The van der Waals surface area contributed by atoms with Crippen molar-refractivity contribution in [3.05, 3.63) is 71.8 Å². The van der Waals surface area contributed by atoms with E-state index in [1.54, 1.807) is 0 Å². The molecule has 124 valence electrons. The molecule has 0 aliphatic heterocycles. The first kappa shape index (κ1) is 17.7. The Labute approximate surface area is 142 Å². The minimum absolute atomic E-state index is 0.806. The fourth-order valence-electron chi connectivity index (χ4n) is 2.92. The van der Waals surface area contributed by atoms with Crippen molar-refractivity contribution in [2.24, 2.45) is 5.92 Å². The van der Waals surface area contributed by atoms with Gasteiger partial charge in [-0.2, -0.15) is 0 Å². The van der Waals surface area contributed by atoms with Crippen molar-refractivity contribution in [2.45, 2.75) is 39.5 Å². The van der Waals surface area contributed by atoms with E-state index in [1.165, 1.54) is 30.5 Å². The second-order valence-electron chi connectivity index (χ2n) is 6.85. The summed E-state index contributed by atoms with van der Waals surface area (Å²) >= 11 is 0. The van der Waals surface area contributed by atoms with Gasteiger partial charge in [-0.25, -0.2) is 0 Å². The predicted molar refractivity (Wildman–Crippen MR) is 101 cm³/mol. The molecule has 0 spiro atoms. The summed E-state index contributed by atoms with van der Waals surface area (Å²) in [6, 6.07) is 21.7. The SMILES string of the molecule is CC(C)CCCN(CCc1ccccc1)CCc1ccccc1. The highest BCUT2D eigenvalue weighted by Crippen LogP contribution is 2.08. The van der Waals surface area contributed by atoms with E-state index < -0.39 is 0 Å². The van der Waals surface area contributed by atoms with Crippen molar-refractivity contribution in [3.63, 3.8) is 0 Å². The van der Waals surface area contributed by atoms with Gasteiger partial charge in [-0.15, -0.1) is 0 Å². The zero-order valence-electron chi connectivity index (χ0n) is 14.7. The van der Waals surface area contributed by atoms with Crippen molar-refractivity contribution >= 4 is 0 Å². The van der Waals surface area contributed by atoms with Gasteiger partial charge in [0.15, 0.2) is 0 Å².